The van der Waals surface area contributed by atoms with Crippen LogP contribution in [0.25, 0.3) is 11.0 Å². The van der Waals surface area contributed by atoms with Gasteiger partial charge in [-0.1, -0.05) is 44.7 Å². The van der Waals surface area contributed by atoms with Crippen LogP contribution in [0.2, 0.25) is 0 Å². The van der Waals surface area contributed by atoms with Gasteiger partial charge >= 0.3 is 0 Å². The lowest BCUT2D eigenvalue weighted by Crippen LogP contribution is -2.36. The van der Waals surface area contributed by atoms with E-state index in [-0.39, 0.29) is 27.6 Å². The smallest absolute Gasteiger partial charge is 0.280 e. The molecule has 2 aliphatic carbocycles. The number of fused-ring (bicyclic) bond motifs is 3. The third kappa shape index (κ3) is 1.89. The van der Waals surface area contributed by atoms with Gasteiger partial charge in [-0.3, -0.25) is 9.59 Å². The molecule has 3 atom stereocenters. The van der Waals surface area contributed by atoms with Crippen molar-refractivity contribution >= 4 is 28.6 Å². The van der Waals surface area contributed by atoms with Crippen LogP contribution in [0.3, 0.4) is 0 Å². The van der Waals surface area contributed by atoms with E-state index in [4.69, 9.17) is 0 Å². The maximum Gasteiger partial charge on any atom is 0.280 e. The third-order valence-electron chi connectivity index (χ3n) is 6.27. The average Bonchev–Trinajstić information content (AvgIpc) is 2.81. The van der Waals surface area contributed by atoms with E-state index >= 15 is 0 Å². The van der Waals surface area contributed by atoms with Crippen LogP contribution in [-0.2, 0) is 4.79 Å². The fourth-order valence-corrected chi connectivity index (χ4v) is 5.88. The van der Waals surface area contributed by atoms with E-state index in [0.29, 0.717) is 10.8 Å². The van der Waals surface area contributed by atoms with E-state index in [9.17, 15) is 9.59 Å². The van der Waals surface area contributed by atoms with Crippen molar-refractivity contribution in [3.05, 3.63) is 34.6 Å². The number of nitrogens with one attached hydrogen (secondary N) is 1. The first-order chi connectivity index (χ1) is 10.8. The number of aromatic amines is 1. The molecular weight excluding hydrogens is 308 g/mol. The lowest BCUT2D eigenvalue weighted by Gasteiger charge is -2.37. The molecule has 1 aromatic carbocycles. The Morgan fingerprint density at radius 1 is 1.22 bits per heavy atom. The molecule has 2 fully saturated rings. The molecule has 0 saturated heterocycles. The molecular formula is C18H20N2O2S. The molecule has 120 valence electrons. The minimum absolute atomic E-state index is 0.00857. The van der Waals surface area contributed by atoms with Gasteiger partial charge in [0.05, 0.1) is 16.3 Å². The number of rotatable bonds is 2. The SMILES string of the molecule is CC1(C)C2CCC1(C)C(Sc1nc3ccccc3[nH]c1=O)C2=O. The number of hydrogen-bond donors (Lipinski definition) is 1. The summed E-state index contributed by atoms with van der Waals surface area (Å²) < 4.78 is 0. The van der Waals surface area contributed by atoms with Gasteiger partial charge in [0.2, 0.25) is 0 Å². The number of thioether (sulfide) groups is 1. The molecule has 2 bridgehead atoms. The first-order valence-electron chi connectivity index (χ1n) is 8.04. The molecule has 1 N–H and O–H groups in total. The molecule has 1 heterocycles. The normalized spacial score (nSPS) is 31.9. The molecule has 3 unspecified atom stereocenters. The van der Waals surface area contributed by atoms with Crippen molar-refractivity contribution in [3.8, 4) is 0 Å². The van der Waals surface area contributed by atoms with Gasteiger partial charge in [0, 0.05) is 5.92 Å². The summed E-state index contributed by atoms with van der Waals surface area (Å²) in [6.07, 6.45) is 2.01. The minimum Gasteiger partial charge on any atom is -0.318 e. The number of nitrogens with zero attached hydrogens (tertiary/aromatic N) is 1. The number of para-hydroxylation sites is 2. The summed E-state index contributed by atoms with van der Waals surface area (Å²) in [6, 6.07) is 7.49. The van der Waals surface area contributed by atoms with Crippen molar-refractivity contribution in [2.75, 3.05) is 0 Å². The lowest BCUT2D eigenvalue weighted by molar-refractivity contribution is -0.122. The maximum atomic E-state index is 12.8. The van der Waals surface area contributed by atoms with Gasteiger partial charge in [-0.05, 0) is 35.8 Å². The summed E-state index contributed by atoms with van der Waals surface area (Å²) in [5.74, 6) is 0.410. The summed E-state index contributed by atoms with van der Waals surface area (Å²) in [6.45, 7) is 6.59. The zero-order valence-electron chi connectivity index (χ0n) is 13.6. The van der Waals surface area contributed by atoms with E-state index in [2.05, 4.69) is 30.7 Å². The van der Waals surface area contributed by atoms with E-state index in [1.54, 1.807) is 0 Å². The second-order valence-corrected chi connectivity index (χ2v) is 8.61. The summed E-state index contributed by atoms with van der Waals surface area (Å²) in [5.41, 5.74) is 1.21. The van der Waals surface area contributed by atoms with Gasteiger partial charge in [0.25, 0.3) is 5.56 Å². The summed E-state index contributed by atoms with van der Waals surface area (Å²) in [4.78, 5) is 32.5. The molecule has 2 aliphatic rings. The van der Waals surface area contributed by atoms with Gasteiger partial charge < -0.3 is 4.98 Å². The molecule has 4 rings (SSSR count). The minimum atomic E-state index is -0.203. The highest BCUT2D eigenvalue weighted by atomic mass is 32.2. The molecule has 0 radical (unpaired) electrons. The van der Waals surface area contributed by atoms with Crippen molar-refractivity contribution in [3.63, 3.8) is 0 Å². The van der Waals surface area contributed by atoms with Gasteiger partial charge in [0.15, 0.2) is 5.03 Å². The van der Waals surface area contributed by atoms with Crippen LogP contribution in [0.5, 0.6) is 0 Å². The topological polar surface area (TPSA) is 62.8 Å². The van der Waals surface area contributed by atoms with Gasteiger partial charge in [-0.2, -0.15) is 0 Å². The van der Waals surface area contributed by atoms with Crippen molar-refractivity contribution in [2.45, 2.75) is 43.9 Å². The standard InChI is InChI=1S/C18H20N2O2S/c1-17(2)10-8-9-18(17,3)14(13(10)21)23-16-15(22)19-11-6-4-5-7-12(11)20-16/h4-7,10,14H,8-9H2,1-3H3,(H,19,22). The molecule has 5 heteroatoms. The van der Waals surface area contributed by atoms with E-state index in [1.807, 2.05) is 24.3 Å². The predicted molar refractivity (Wildman–Crippen MR) is 91.6 cm³/mol. The van der Waals surface area contributed by atoms with Crippen LogP contribution in [0.1, 0.15) is 33.6 Å². The number of hydrogen-bond acceptors (Lipinski definition) is 4. The molecule has 0 aliphatic heterocycles. The Kier molecular flexibility index (Phi) is 3.05. The molecule has 0 amide bonds. The van der Waals surface area contributed by atoms with Crippen LogP contribution in [-0.4, -0.2) is 21.0 Å². The molecule has 2 aromatic rings. The highest BCUT2D eigenvalue weighted by Gasteiger charge is 2.66. The maximum absolute atomic E-state index is 12.8. The summed E-state index contributed by atoms with van der Waals surface area (Å²) in [7, 11) is 0. The Hall–Kier alpha value is -1.62. The number of benzene rings is 1. The number of carbonyl (C=O) groups excluding carboxylic acids is 1. The van der Waals surface area contributed by atoms with Crippen LogP contribution >= 0.6 is 11.8 Å². The Morgan fingerprint density at radius 3 is 2.65 bits per heavy atom. The number of H-pyrrole nitrogens is 1. The van der Waals surface area contributed by atoms with E-state index in [0.717, 1.165) is 23.9 Å². The van der Waals surface area contributed by atoms with Crippen molar-refractivity contribution in [1.29, 1.82) is 0 Å². The number of aromatic nitrogens is 2. The predicted octanol–water partition coefficient (Wildman–Crippen LogP) is 3.41. The van der Waals surface area contributed by atoms with E-state index in [1.165, 1.54) is 11.8 Å². The van der Waals surface area contributed by atoms with E-state index < -0.39 is 0 Å². The third-order valence-corrected chi connectivity index (χ3v) is 7.76. The molecule has 1 aromatic heterocycles. The lowest BCUT2D eigenvalue weighted by atomic mass is 9.71. The van der Waals surface area contributed by atoms with Gasteiger partial charge in [-0.25, -0.2) is 4.98 Å². The first kappa shape index (κ1) is 14.9. The summed E-state index contributed by atoms with van der Waals surface area (Å²) >= 11 is 1.36. The van der Waals surface area contributed by atoms with Crippen molar-refractivity contribution in [1.82, 2.24) is 9.97 Å². The van der Waals surface area contributed by atoms with Crippen LogP contribution in [0.4, 0.5) is 0 Å². The zero-order valence-corrected chi connectivity index (χ0v) is 14.4. The largest absolute Gasteiger partial charge is 0.318 e. The Labute approximate surface area is 139 Å². The Balaban J connectivity index is 1.76. The molecule has 23 heavy (non-hydrogen) atoms. The van der Waals surface area contributed by atoms with Crippen LogP contribution in [0.15, 0.2) is 34.1 Å². The number of carbonyl (C=O) groups is 1. The zero-order chi connectivity index (χ0) is 16.4. The molecule has 4 nitrogen and oxygen atoms in total. The van der Waals surface area contributed by atoms with Gasteiger partial charge in [0.1, 0.15) is 5.78 Å². The highest BCUT2D eigenvalue weighted by Crippen LogP contribution is 2.66. The number of Topliss-reactive ketones (excluding diaryl/α,β-unsaturated/α-hetero) is 1. The van der Waals surface area contributed by atoms with Gasteiger partial charge in [-0.15, -0.1) is 0 Å². The highest BCUT2D eigenvalue weighted by molar-refractivity contribution is 8.00. The van der Waals surface area contributed by atoms with Crippen molar-refractivity contribution < 1.29 is 4.79 Å². The second kappa shape index (κ2) is 4.69. The second-order valence-electron chi connectivity index (χ2n) is 7.52. The van der Waals surface area contributed by atoms with Crippen LogP contribution in [0, 0.1) is 16.7 Å². The average molecular weight is 328 g/mol. The van der Waals surface area contributed by atoms with Crippen LogP contribution < -0.4 is 5.56 Å². The molecule has 2 saturated carbocycles. The fraction of sp³-hybridized carbons (Fsp3) is 0.500. The summed E-state index contributed by atoms with van der Waals surface area (Å²) in [5, 5.41) is 0.234. The molecule has 0 spiro atoms. The van der Waals surface area contributed by atoms with Crippen molar-refractivity contribution in [2.24, 2.45) is 16.7 Å². The Bertz CT molecular complexity index is 873. The first-order valence-corrected chi connectivity index (χ1v) is 8.92. The number of ketones is 1. The Morgan fingerprint density at radius 2 is 1.96 bits per heavy atom. The quantitative estimate of drug-likeness (QED) is 0.917. The monoisotopic (exact) mass is 328 g/mol. The fourth-order valence-electron chi connectivity index (χ4n) is 4.38.